The molecule has 2 aliphatic rings. The van der Waals surface area contributed by atoms with Crippen LogP contribution in [0.3, 0.4) is 0 Å². The Kier molecular flexibility index (Phi) is 6.67. The maximum Gasteiger partial charge on any atom is 0.339 e. The number of methoxy groups -OCH3 is 1. The Morgan fingerprint density at radius 1 is 0.964 bits per heavy atom. The summed E-state index contributed by atoms with van der Waals surface area (Å²) >= 11 is 0. The summed E-state index contributed by atoms with van der Waals surface area (Å²) in [6.07, 6.45) is 2.86. The average molecular weight is 387 g/mol. The zero-order valence-electron chi connectivity index (χ0n) is 16.6. The Balaban J connectivity index is 1.53. The summed E-state index contributed by atoms with van der Waals surface area (Å²) in [5, 5.41) is 2.87. The van der Waals surface area contributed by atoms with Gasteiger partial charge in [-0.15, -0.1) is 0 Å². The number of anilines is 1. The minimum Gasteiger partial charge on any atom is -0.465 e. The van der Waals surface area contributed by atoms with E-state index >= 15 is 0 Å². The molecule has 1 heterocycles. The number of esters is 1. The van der Waals surface area contributed by atoms with E-state index in [9.17, 15) is 14.4 Å². The van der Waals surface area contributed by atoms with Crippen molar-refractivity contribution in [1.29, 1.82) is 0 Å². The summed E-state index contributed by atoms with van der Waals surface area (Å²) in [7, 11) is 3.39. The molecular formula is C21H29N3O4. The number of benzene rings is 1. The molecule has 0 radical (unpaired) electrons. The normalized spacial score (nSPS) is 23.1. The topological polar surface area (TPSA) is 78.9 Å². The lowest BCUT2D eigenvalue weighted by Gasteiger charge is -2.36. The monoisotopic (exact) mass is 387 g/mol. The fraction of sp³-hybridized carbons (Fsp3) is 0.571. The van der Waals surface area contributed by atoms with Gasteiger partial charge < -0.3 is 19.9 Å². The molecule has 152 valence electrons. The van der Waals surface area contributed by atoms with Gasteiger partial charge in [-0.1, -0.05) is 12.1 Å². The fourth-order valence-electron chi connectivity index (χ4n) is 4.00. The van der Waals surface area contributed by atoms with Crippen molar-refractivity contribution in [3.05, 3.63) is 29.8 Å². The number of hydrogen-bond donors (Lipinski definition) is 1. The van der Waals surface area contributed by atoms with Gasteiger partial charge in [0.15, 0.2) is 0 Å². The van der Waals surface area contributed by atoms with E-state index in [0.29, 0.717) is 24.1 Å². The van der Waals surface area contributed by atoms with Crippen molar-refractivity contribution in [3.63, 3.8) is 0 Å². The first-order valence-corrected chi connectivity index (χ1v) is 9.95. The highest BCUT2D eigenvalue weighted by atomic mass is 16.5. The van der Waals surface area contributed by atoms with Crippen LogP contribution < -0.4 is 5.32 Å². The van der Waals surface area contributed by atoms with Crippen molar-refractivity contribution in [2.24, 2.45) is 11.8 Å². The molecule has 1 aromatic rings. The second-order valence-electron chi connectivity index (χ2n) is 7.70. The molecule has 0 atom stereocenters. The molecular weight excluding hydrogens is 358 g/mol. The molecule has 7 nitrogen and oxygen atoms in total. The number of likely N-dealkylation sites (N-methyl/N-ethyl adjacent to an activating group) is 1. The fourth-order valence-corrected chi connectivity index (χ4v) is 4.00. The summed E-state index contributed by atoms with van der Waals surface area (Å²) in [5.74, 6) is -0.445. The van der Waals surface area contributed by atoms with Crippen molar-refractivity contribution in [1.82, 2.24) is 9.80 Å². The molecule has 0 spiro atoms. The summed E-state index contributed by atoms with van der Waals surface area (Å²) in [6, 6.07) is 6.84. The van der Waals surface area contributed by atoms with Crippen LogP contribution in [0.4, 0.5) is 5.69 Å². The zero-order valence-corrected chi connectivity index (χ0v) is 16.6. The molecule has 1 saturated carbocycles. The molecule has 28 heavy (non-hydrogen) atoms. The highest BCUT2D eigenvalue weighted by molar-refractivity contribution is 6.01. The Hall–Kier alpha value is -2.41. The van der Waals surface area contributed by atoms with Crippen LogP contribution in [0.5, 0.6) is 0 Å². The molecule has 1 aromatic carbocycles. The van der Waals surface area contributed by atoms with E-state index in [4.69, 9.17) is 4.74 Å². The predicted molar refractivity (Wildman–Crippen MR) is 106 cm³/mol. The van der Waals surface area contributed by atoms with Crippen molar-refractivity contribution < 1.29 is 19.1 Å². The van der Waals surface area contributed by atoms with Crippen LogP contribution in [0.1, 0.15) is 36.0 Å². The minimum atomic E-state index is -0.475. The highest BCUT2D eigenvalue weighted by Gasteiger charge is 2.33. The third-order valence-corrected chi connectivity index (χ3v) is 5.85. The lowest BCUT2D eigenvalue weighted by Crippen LogP contribution is -2.49. The van der Waals surface area contributed by atoms with E-state index in [-0.39, 0.29) is 23.7 Å². The van der Waals surface area contributed by atoms with Crippen LogP contribution in [0.25, 0.3) is 0 Å². The van der Waals surface area contributed by atoms with Crippen LogP contribution in [0.15, 0.2) is 24.3 Å². The number of carbonyl (C=O) groups is 3. The summed E-state index contributed by atoms with van der Waals surface area (Å²) in [4.78, 5) is 41.5. The molecule has 1 aliphatic heterocycles. The second kappa shape index (κ2) is 9.19. The molecule has 1 saturated heterocycles. The smallest absolute Gasteiger partial charge is 0.339 e. The van der Waals surface area contributed by atoms with E-state index in [1.807, 2.05) is 4.90 Å². The molecule has 3 rings (SSSR count). The van der Waals surface area contributed by atoms with Crippen LogP contribution in [0, 0.1) is 11.8 Å². The van der Waals surface area contributed by atoms with Gasteiger partial charge >= 0.3 is 5.97 Å². The van der Waals surface area contributed by atoms with Crippen LogP contribution in [-0.4, -0.2) is 67.9 Å². The van der Waals surface area contributed by atoms with Crippen molar-refractivity contribution in [2.45, 2.75) is 25.7 Å². The zero-order chi connectivity index (χ0) is 20.1. The number of para-hydroxylation sites is 1. The van der Waals surface area contributed by atoms with Gasteiger partial charge in [-0.2, -0.15) is 0 Å². The first kappa shape index (κ1) is 20.3. The number of ether oxygens (including phenoxy) is 1. The van der Waals surface area contributed by atoms with Gasteiger partial charge in [-0.05, 0) is 44.9 Å². The quantitative estimate of drug-likeness (QED) is 0.800. The summed E-state index contributed by atoms with van der Waals surface area (Å²) < 4.78 is 4.77. The van der Waals surface area contributed by atoms with Crippen LogP contribution in [-0.2, 0) is 14.3 Å². The Bertz CT molecular complexity index is 720. The van der Waals surface area contributed by atoms with Gasteiger partial charge in [0.2, 0.25) is 11.8 Å². The summed E-state index contributed by atoms with van der Waals surface area (Å²) in [6.45, 7) is 3.42. The van der Waals surface area contributed by atoms with E-state index in [2.05, 4.69) is 17.3 Å². The standard InChI is InChI=1S/C21H29N3O4/c1-23-11-13-24(14-12-23)20(26)16-9-7-15(8-10-16)19(25)22-18-6-4-3-5-17(18)21(27)28-2/h3-6,15-16H,7-14H2,1-2H3,(H,22,25). The number of rotatable bonds is 4. The number of nitrogens with one attached hydrogen (secondary N) is 1. The first-order valence-electron chi connectivity index (χ1n) is 9.95. The van der Waals surface area contributed by atoms with Gasteiger partial charge in [0.05, 0.1) is 18.4 Å². The third-order valence-electron chi connectivity index (χ3n) is 5.85. The average Bonchev–Trinajstić information content (AvgIpc) is 2.73. The Morgan fingerprint density at radius 2 is 1.57 bits per heavy atom. The predicted octanol–water partition coefficient (Wildman–Crippen LogP) is 1.99. The summed E-state index contributed by atoms with van der Waals surface area (Å²) in [5.41, 5.74) is 0.812. The van der Waals surface area contributed by atoms with Crippen molar-refractivity contribution >= 4 is 23.5 Å². The largest absolute Gasteiger partial charge is 0.465 e. The van der Waals surface area contributed by atoms with Crippen molar-refractivity contribution in [2.75, 3.05) is 45.7 Å². The van der Waals surface area contributed by atoms with Gasteiger partial charge in [0, 0.05) is 38.0 Å². The maximum absolute atomic E-state index is 12.7. The second-order valence-corrected chi connectivity index (χ2v) is 7.70. The molecule has 1 aliphatic carbocycles. The highest BCUT2D eigenvalue weighted by Crippen LogP contribution is 2.31. The first-order chi connectivity index (χ1) is 13.5. The maximum atomic E-state index is 12.7. The molecule has 2 fully saturated rings. The molecule has 0 bridgehead atoms. The number of nitrogens with zero attached hydrogens (tertiary/aromatic N) is 2. The number of hydrogen-bond acceptors (Lipinski definition) is 5. The van der Waals surface area contributed by atoms with Crippen LogP contribution >= 0.6 is 0 Å². The third kappa shape index (κ3) is 4.70. The molecule has 0 unspecified atom stereocenters. The van der Waals surface area contributed by atoms with Gasteiger partial charge in [-0.25, -0.2) is 4.79 Å². The van der Waals surface area contributed by atoms with Crippen LogP contribution in [0.2, 0.25) is 0 Å². The Morgan fingerprint density at radius 3 is 2.21 bits per heavy atom. The van der Waals surface area contributed by atoms with E-state index in [1.54, 1.807) is 24.3 Å². The van der Waals surface area contributed by atoms with Gasteiger partial charge in [0.1, 0.15) is 0 Å². The van der Waals surface area contributed by atoms with Gasteiger partial charge in [0.25, 0.3) is 0 Å². The Labute approximate surface area is 166 Å². The lowest BCUT2D eigenvalue weighted by atomic mass is 9.80. The number of piperazine rings is 1. The van der Waals surface area contributed by atoms with Gasteiger partial charge in [-0.3, -0.25) is 9.59 Å². The number of carbonyl (C=O) groups excluding carboxylic acids is 3. The molecule has 7 heteroatoms. The van der Waals surface area contributed by atoms with E-state index < -0.39 is 5.97 Å². The van der Waals surface area contributed by atoms with E-state index in [1.165, 1.54) is 7.11 Å². The molecule has 1 N–H and O–H groups in total. The minimum absolute atomic E-state index is 0.0230. The lowest BCUT2D eigenvalue weighted by molar-refractivity contribution is -0.139. The molecule has 0 aromatic heterocycles. The van der Waals surface area contributed by atoms with E-state index in [0.717, 1.165) is 39.0 Å². The number of amides is 2. The molecule has 2 amide bonds. The van der Waals surface area contributed by atoms with Crippen molar-refractivity contribution in [3.8, 4) is 0 Å². The SMILES string of the molecule is COC(=O)c1ccccc1NC(=O)C1CCC(C(=O)N2CCN(C)CC2)CC1.